The zero-order chi connectivity index (χ0) is 8.10. The molecule has 0 aliphatic heterocycles. The van der Waals surface area contributed by atoms with Crippen molar-refractivity contribution in [3.63, 3.8) is 0 Å². The quantitative estimate of drug-likeness (QED) is 0.391. The van der Waals surface area contributed by atoms with Crippen LogP contribution in [-0.4, -0.2) is 19.6 Å². The number of rotatable bonds is 3. The van der Waals surface area contributed by atoms with Gasteiger partial charge < -0.3 is 4.84 Å². The normalized spacial score (nSPS) is 10.3. The van der Waals surface area contributed by atoms with Gasteiger partial charge in [0.2, 0.25) is 0 Å². The van der Waals surface area contributed by atoms with Crippen molar-refractivity contribution in [1.82, 2.24) is 0 Å². The zero-order valence-electron chi connectivity index (χ0n) is 5.98. The predicted octanol–water partition coefficient (Wildman–Crippen LogP) is 1.54. The molecule has 3 nitrogen and oxygen atoms in total. The predicted molar refractivity (Wildman–Crippen MR) is 44.3 cm³/mol. The van der Waals surface area contributed by atoms with Gasteiger partial charge in [-0.1, -0.05) is 5.16 Å². The summed E-state index contributed by atoms with van der Waals surface area (Å²) in [6.07, 6.45) is 2.32. The molecule has 0 N–H and O–H groups in total. The average molecular weight is 169 g/mol. The molecule has 0 amide bonds. The van der Waals surface area contributed by atoms with Gasteiger partial charge in [0, 0.05) is 5.56 Å². The van der Waals surface area contributed by atoms with E-state index in [1.165, 1.54) is 24.7 Å². The number of aldehydes is 1. The maximum atomic E-state index is 10.4. The Morgan fingerprint density at radius 2 is 2.55 bits per heavy atom. The number of hydrogen-bond donors (Lipinski definition) is 0. The molecule has 4 heteroatoms. The van der Waals surface area contributed by atoms with Gasteiger partial charge in [0.05, 0.1) is 11.1 Å². The number of carbonyl (C=O) groups excluding carboxylic acids is 1. The minimum atomic E-state index is 0.672. The molecule has 0 aromatic carbocycles. The van der Waals surface area contributed by atoms with Crippen LogP contribution in [0.15, 0.2) is 16.6 Å². The van der Waals surface area contributed by atoms with Crippen LogP contribution in [-0.2, 0) is 4.84 Å². The van der Waals surface area contributed by atoms with E-state index in [1.807, 2.05) is 11.4 Å². The van der Waals surface area contributed by atoms with Gasteiger partial charge in [0.25, 0.3) is 0 Å². The maximum Gasteiger partial charge on any atom is 0.160 e. The third-order valence-corrected chi connectivity index (χ3v) is 1.99. The molecule has 0 bridgehead atoms. The Hall–Kier alpha value is -1.16. The zero-order valence-corrected chi connectivity index (χ0v) is 6.80. The van der Waals surface area contributed by atoms with Crippen LogP contribution in [0.3, 0.4) is 0 Å². The van der Waals surface area contributed by atoms with Crippen LogP contribution < -0.4 is 0 Å². The Bertz CT molecular complexity index is 267. The highest BCUT2D eigenvalue weighted by Gasteiger charge is 1.98. The summed E-state index contributed by atoms with van der Waals surface area (Å²) in [5, 5.41) is 5.38. The first kappa shape index (κ1) is 7.94. The first-order valence-electron chi connectivity index (χ1n) is 2.97. The number of thiophene rings is 1. The number of carbonyl (C=O) groups is 1. The summed E-state index contributed by atoms with van der Waals surface area (Å²) in [5.74, 6) is 0. The van der Waals surface area contributed by atoms with Crippen molar-refractivity contribution in [2.24, 2.45) is 5.16 Å². The maximum absolute atomic E-state index is 10.4. The molecule has 0 radical (unpaired) electrons. The van der Waals surface area contributed by atoms with Crippen molar-refractivity contribution in [2.45, 2.75) is 0 Å². The fourth-order valence-electron chi connectivity index (χ4n) is 0.643. The molecule has 11 heavy (non-hydrogen) atoms. The standard InChI is InChI=1S/C7H7NO2S/c1-10-8-4-6-2-3-11-7(6)5-9/h2-5H,1H3. The lowest BCUT2D eigenvalue weighted by Gasteiger charge is -1.86. The molecule has 1 aromatic heterocycles. The molecule has 0 atom stereocenters. The summed E-state index contributed by atoms with van der Waals surface area (Å²) in [6, 6.07) is 1.82. The van der Waals surface area contributed by atoms with Gasteiger partial charge in [0.15, 0.2) is 6.29 Å². The average Bonchev–Trinajstić information content (AvgIpc) is 2.47. The SMILES string of the molecule is CON=Cc1ccsc1C=O. The summed E-state index contributed by atoms with van der Waals surface area (Å²) in [5.41, 5.74) is 0.798. The summed E-state index contributed by atoms with van der Waals surface area (Å²) in [4.78, 5) is 15.5. The highest BCUT2D eigenvalue weighted by Crippen LogP contribution is 2.11. The lowest BCUT2D eigenvalue weighted by Crippen LogP contribution is -1.83. The van der Waals surface area contributed by atoms with E-state index >= 15 is 0 Å². The van der Waals surface area contributed by atoms with Crippen molar-refractivity contribution >= 4 is 23.8 Å². The first-order chi connectivity index (χ1) is 5.38. The monoisotopic (exact) mass is 169 g/mol. The lowest BCUT2D eigenvalue weighted by molar-refractivity contribution is 0.112. The first-order valence-corrected chi connectivity index (χ1v) is 3.85. The Kier molecular flexibility index (Phi) is 2.80. The van der Waals surface area contributed by atoms with Crippen LogP contribution in [0, 0.1) is 0 Å². The highest BCUT2D eigenvalue weighted by molar-refractivity contribution is 7.12. The molecule has 1 rings (SSSR count). The molecule has 58 valence electrons. The van der Waals surface area contributed by atoms with Crippen molar-refractivity contribution in [3.8, 4) is 0 Å². The van der Waals surface area contributed by atoms with Gasteiger partial charge in [-0.3, -0.25) is 4.79 Å². The second-order valence-electron chi connectivity index (χ2n) is 1.78. The topological polar surface area (TPSA) is 38.7 Å². The molecule has 0 fully saturated rings. The van der Waals surface area contributed by atoms with E-state index in [0.717, 1.165) is 11.8 Å². The number of oxime groups is 1. The summed E-state index contributed by atoms with van der Waals surface area (Å²) >= 11 is 1.39. The Morgan fingerprint density at radius 1 is 1.73 bits per heavy atom. The largest absolute Gasteiger partial charge is 0.399 e. The third kappa shape index (κ3) is 1.88. The van der Waals surface area contributed by atoms with E-state index in [0.29, 0.717) is 4.88 Å². The van der Waals surface area contributed by atoms with Crippen LogP contribution in [0.2, 0.25) is 0 Å². The third-order valence-electron chi connectivity index (χ3n) is 1.13. The van der Waals surface area contributed by atoms with Crippen LogP contribution in [0.4, 0.5) is 0 Å². The van der Waals surface area contributed by atoms with Crippen molar-refractivity contribution in [2.75, 3.05) is 7.11 Å². The molecule has 1 aromatic rings. The van der Waals surface area contributed by atoms with Gasteiger partial charge in [-0.15, -0.1) is 11.3 Å². The van der Waals surface area contributed by atoms with E-state index in [9.17, 15) is 4.79 Å². The fraction of sp³-hybridized carbons (Fsp3) is 0.143. The second kappa shape index (κ2) is 3.88. The second-order valence-corrected chi connectivity index (χ2v) is 2.72. The van der Waals surface area contributed by atoms with Gasteiger partial charge >= 0.3 is 0 Å². The van der Waals surface area contributed by atoms with Gasteiger partial charge in [-0.2, -0.15) is 0 Å². The summed E-state index contributed by atoms with van der Waals surface area (Å²) in [7, 11) is 1.46. The molecule has 0 saturated heterocycles. The molecule has 0 unspecified atom stereocenters. The van der Waals surface area contributed by atoms with Crippen LogP contribution >= 0.6 is 11.3 Å². The molecular weight excluding hydrogens is 162 g/mol. The molecule has 0 aliphatic carbocycles. The van der Waals surface area contributed by atoms with Gasteiger partial charge in [-0.25, -0.2) is 0 Å². The van der Waals surface area contributed by atoms with Crippen molar-refractivity contribution in [1.29, 1.82) is 0 Å². The van der Waals surface area contributed by atoms with Gasteiger partial charge in [0.1, 0.15) is 7.11 Å². The van der Waals surface area contributed by atoms with E-state index in [2.05, 4.69) is 9.99 Å². The highest BCUT2D eigenvalue weighted by atomic mass is 32.1. The van der Waals surface area contributed by atoms with E-state index in [1.54, 1.807) is 0 Å². The van der Waals surface area contributed by atoms with Crippen LogP contribution in [0.25, 0.3) is 0 Å². The molecule has 1 heterocycles. The van der Waals surface area contributed by atoms with E-state index < -0.39 is 0 Å². The Balaban J connectivity index is 2.84. The Morgan fingerprint density at radius 3 is 3.18 bits per heavy atom. The molecule has 0 spiro atoms. The van der Waals surface area contributed by atoms with E-state index in [4.69, 9.17) is 0 Å². The van der Waals surface area contributed by atoms with Crippen LogP contribution in [0.1, 0.15) is 15.2 Å². The smallest absolute Gasteiger partial charge is 0.160 e. The lowest BCUT2D eigenvalue weighted by atomic mass is 10.3. The van der Waals surface area contributed by atoms with E-state index in [-0.39, 0.29) is 0 Å². The molecule has 0 saturated carbocycles. The molecule has 0 aliphatic rings. The van der Waals surface area contributed by atoms with Crippen molar-refractivity contribution in [3.05, 3.63) is 21.9 Å². The number of hydrogen-bond acceptors (Lipinski definition) is 4. The minimum Gasteiger partial charge on any atom is -0.399 e. The van der Waals surface area contributed by atoms with Gasteiger partial charge in [-0.05, 0) is 11.4 Å². The van der Waals surface area contributed by atoms with Crippen molar-refractivity contribution < 1.29 is 9.63 Å². The fourth-order valence-corrected chi connectivity index (χ4v) is 1.32. The number of nitrogens with zero attached hydrogens (tertiary/aromatic N) is 1. The summed E-state index contributed by atoms with van der Waals surface area (Å²) < 4.78 is 0. The Labute approximate surface area is 68.3 Å². The minimum absolute atomic E-state index is 0.672. The molecular formula is C7H7NO2S. The van der Waals surface area contributed by atoms with Crippen LogP contribution in [0.5, 0.6) is 0 Å². The summed E-state index contributed by atoms with van der Waals surface area (Å²) in [6.45, 7) is 0.